The summed E-state index contributed by atoms with van der Waals surface area (Å²) in [5.41, 5.74) is 2.49. The molecule has 5 aliphatic carbocycles. The summed E-state index contributed by atoms with van der Waals surface area (Å²) in [6.45, 7) is 8.55. The standard InChI is InChI=1S/C44H52N8O4/c1-40(2)22-28-34(30(53)24-40)43(16-7-5-8-17-43)50-36(45-28)48-38-47-27-20-26(13-14-32(27)55-38)21-41(3)23-29-35(31(54)25-41)44(18-10-11-19-44)51-37(46-29)49-39-52-42(4)15-9-6-12-33(42)56-39/h6,9,12-15,20,33-35H,5,7-8,10-11,16-19,21-25H2,1-4H3,(H,47,48,50)(H,49,51,52). The number of amidine groups is 1. The van der Waals surface area contributed by atoms with Gasteiger partial charge in [0.25, 0.3) is 6.02 Å². The van der Waals surface area contributed by atoms with Crippen LogP contribution in [0.1, 0.15) is 117 Å². The predicted octanol–water partition coefficient (Wildman–Crippen LogP) is 7.64. The Bertz CT molecular complexity index is 2250. The number of carbonyl (C=O) groups excluding carboxylic acids is 2. The number of nitrogens with one attached hydrogen (secondary N) is 2. The van der Waals surface area contributed by atoms with E-state index >= 15 is 0 Å². The number of ether oxygens (including phenoxy) is 1. The van der Waals surface area contributed by atoms with E-state index in [9.17, 15) is 9.59 Å². The van der Waals surface area contributed by atoms with Gasteiger partial charge in [-0.25, -0.2) is 25.0 Å². The van der Waals surface area contributed by atoms with E-state index in [-0.39, 0.29) is 40.3 Å². The number of guanidine groups is 2. The van der Waals surface area contributed by atoms with Crippen molar-refractivity contribution in [2.45, 2.75) is 140 Å². The van der Waals surface area contributed by atoms with Crippen molar-refractivity contribution in [2.75, 3.05) is 5.32 Å². The van der Waals surface area contributed by atoms with Crippen molar-refractivity contribution >= 4 is 58.0 Å². The molecule has 292 valence electrons. The molecule has 3 aliphatic heterocycles. The first kappa shape index (κ1) is 35.7. The lowest BCUT2D eigenvalue weighted by molar-refractivity contribution is -0.127. The highest BCUT2D eigenvalue weighted by molar-refractivity contribution is 6.17. The van der Waals surface area contributed by atoms with Crippen LogP contribution < -0.4 is 10.6 Å². The Hall–Kier alpha value is -4.74. The second kappa shape index (κ2) is 12.6. The van der Waals surface area contributed by atoms with Gasteiger partial charge in [-0.3, -0.25) is 20.2 Å². The zero-order valence-corrected chi connectivity index (χ0v) is 33.0. The SMILES string of the molecule is CC1(C)CC(=O)C2C(=NC(Nc3nc4cc(CC5(C)CC(=O)C6C(=NC(NC7=NC8(C)C=CC=CC8O7)=NC67CCCC7)C5)ccc4o3)=NC23CCCCC3)C1. The molecule has 0 radical (unpaired) electrons. The second-order valence-electron chi connectivity index (χ2n) is 19.2. The van der Waals surface area contributed by atoms with Crippen molar-refractivity contribution in [3.05, 3.63) is 48.1 Å². The molecule has 4 heterocycles. The van der Waals surface area contributed by atoms with Crippen LogP contribution >= 0.6 is 0 Å². The van der Waals surface area contributed by atoms with Gasteiger partial charge in [-0.2, -0.15) is 4.98 Å². The zero-order chi connectivity index (χ0) is 38.5. The number of hydrogen-bond donors (Lipinski definition) is 2. The number of fused-ring (bicyclic) bond motifs is 6. The van der Waals surface area contributed by atoms with Crippen molar-refractivity contribution in [1.29, 1.82) is 0 Å². The summed E-state index contributed by atoms with van der Waals surface area (Å²) < 4.78 is 12.4. The van der Waals surface area contributed by atoms with Gasteiger partial charge in [0.2, 0.25) is 11.9 Å². The largest absolute Gasteiger partial charge is 0.454 e. The third-order valence-electron chi connectivity index (χ3n) is 13.8. The minimum absolute atomic E-state index is 0.124. The fraction of sp³-hybridized carbons (Fsp3) is 0.591. The molecule has 56 heavy (non-hydrogen) atoms. The molecule has 2 N–H and O–H groups in total. The number of hydrogen-bond acceptors (Lipinski definition) is 12. The van der Waals surface area contributed by atoms with Crippen LogP contribution in [0, 0.1) is 22.7 Å². The van der Waals surface area contributed by atoms with Crippen molar-refractivity contribution in [1.82, 2.24) is 10.3 Å². The summed E-state index contributed by atoms with van der Waals surface area (Å²) in [7, 11) is 0. The van der Waals surface area contributed by atoms with Gasteiger partial charge >= 0.3 is 6.01 Å². The molecule has 0 amide bonds. The maximum absolute atomic E-state index is 14.2. The van der Waals surface area contributed by atoms with Gasteiger partial charge in [0.05, 0.1) is 22.9 Å². The van der Waals surface area contributed by atoms with E-state index in [0.29, 0.717) is 55.2 Å². The highest BCUT2D eigenvalue weighted by atomic mass is 16.5. The summed E-state index contributed by atoms with van der Waals surface area (Å²) in [5, 5.41) is 6.62. The van der Waals surface area contributed by atoms with Gasteiger partial charge in [0, 0.05) is 24.3 Å². The van der Waals surface area contributed by atoms with Crippen LogP contribution in [0.3, 0.4) is 0 Å². The van der Waals surface area contributed by atoms with E-state index < -0.39 is 16.6 Å². The normalized spacial score (nSPS) is 33.5. The molecule has 2 spiro atoms. The monoisotopic (exact) mass is 756 g/mol. The van der Waals surface area contributed by atoms with Crippen molar-refractivity contribution in [3.8, 4) is 0 Å². The molecule has 8 aliphatic rings. The molecule has 1 aromatic carbocycles. The quantitative estimate of drug-likeness (QED) is 0.326. The number of rotatable bonds is 3. The van der Waals surface area contributed by atoms with Gasteiger partial charge < -0.3 is 9.15 Å². The van der Waals surface area contributed by atoms with Crippen LogP contribution in [0.15, 0.2) is 71.9 Å². The van der Waals surface area contributed by atoms with E-state index in [1.165, 1.54) is 6.42 Å². The van der Waals surface area contributed by atoms with Crippen LogP contribution in [-0.4, -0.2) is 68.6 Å². The first-order chi connectivity index (χ1) is 26.8. The number of aliphatic imine (C=N–C) groups is 5. The lowest BCUT2D eigenvalue weighted by Crippen LogP contribution is -2.54. The summed E-state index contributed by atoms with van der Waals surface area (Å²) in [5.74, 6) is 0.961. The average molecular weight is 757 g/mol. The third-order valence-corrected chi connectivity index (χ3v) is 13.8. The van der Waals surface area contributed by atoms with E-state index in [2.05, 4.69) is 56.5 Å². The molecule has 0 bridgehead atoms. The Morgan fingerprint density at radius 2 is 1.41 bits per heavy atom. The third kappa shape index (κ3) is 6.09. The number of benzene rings is 1. The summed E-state index contributed by atoms with van der Waals surface area (Å²) in [6.07, 6.45) is 20.0. The number of aromatic nitrogens is 1. The fourth-order valence-corrected chi connectivity index (χ4v) is 11.4. The molecule has 1 aromatic heterocycles. The van der Waals surface area contributed by atoms with Crippen LogP contribution in [0.25, 0.3) is 11.1 Å². The zero-order valence-electron chi connectivity index (χ0n) is 33.0. The van der Waals surface area contributed by atoms with Gasteiger partial charge in [-0.05, 0) is 86.5 Å². The van der Waals surface area contributed by atoms with Gasteiger partial charge in [-0.15, -0.1) is 0 Å². The van der Waals surface area contributed by atoms with Crippen LogP contribution in [0.5, 0.6) is 0 Å². The highest BCUT2D eigenvalue weighted by Gasteiger charge is 2.55. The number of ketones is 2. The minimum atomic E-state index is -0.470. The summed E-state index contributed by atoms with van der Waals surface area (Å²) in [4.78, 5) is 57.7. The highest BCUT2D eigenvalue weighted by Crippen LogP contribution is 2.50. The molecule has 10 rings (SSSR count). The average Bonchev–Trinajstić information content (AvgIpc) is 3.83. The van der Waals surface area contributed by atoms with Crippen LogP contribution in [0.2, 0.25) is 0 Å². The number of Topliss-reactive ketones (excluding diaryl/α,β-unsaturated/α-hetero) is 2. The Morgan fingerprint density at radius 3 is 2.12 bits per heavy atom. The molecular weight excluding hydrogens is 705 g/mol. The molecule has 4 fully saturated rings. The molecular formula is C44H52N8O4. The predicted molar refractivity (Wildman–Crippen MR) is 218 cm³/mol. The van der Waals surface area contributed by atoms with Crippen molar-refractivity contribution in [3.63, 3.8) is 0 Å². The topological polar surface area (TPSA) is 155 Å². The van der Waals surface area contributed by atoms with E-state index in [0.717, 1.165) is 80.3 Å². The van der Waals surface area contributed by atoms with Gasteiger partial charge in [-0.1, -0.05) is 77.2 Å². The van der Waals surface area contributed by atoms with E-state index in [1.807, 2.05) is 24.3 Å². The summed E-state index contributed by atoms with van der Waals surface area (Å²) >= 11 is 0. The minimum Gasteiger partial charge on any atom is -0.454 e. The molecule has 12 heteroatoms. The molecule has 12 nitrogen and oxygen atoms in total. The van der Waals surface area contributed by atoms with E-state index in [1.54, 1.807) is 0 Å². The smallest absolute Gasteiger partial charge is 0.302 e. The Balaban J connectivity index is 0.889. The lowest BCUT2D eigenvalue weighted by Gasteiger charge is -2.47. The lowest BCUT2D eigenvalue weighted by atomic mass is 9.61. The molecule has 2 aromatic rings. The molecule has 5 unspecified atom stereocenters. The van der Waals surface area contributed by atoms with Crippen LogP contribution in [0.4, 0.5) is 6.01 Å². The number of oxazole rings is 1. The van der Waals surface area contributed by atoms with Crippen molar-refractivity contribution in [2.24, 2.45) is 47.6 Å². The van der Waals surface area contributed by atoms with Crippen LogP contribution in [-0.2, 0) is 20.7 Å². The number of carbonyl (C=O) groups is 2. The Labute approximate surface area is 327 Å². The van der Waals surface area contributed by atoms with Gasteiger partial charge in [0.15, 0.2) is 5.58 Å². The van der Waals surface area contributed by atoms with Gasteiger partial charge in [0.1, 0.15) is 28.7 Å². The molecule has 5 atom stereocenters. The first-order valence-corrected chi connectivity index (χ1v) is 20.8. The maximum atomic E-state index is 14.2. The maximum Gasteiger partial charge on any atom is 0.302 e. The Kier molecular flexibility index (Phi) is 8.04. The van der Waals surface area contributed by atoms with E-state index in [4.69, 9.17) is 39.1 Å². The second-order valence-corrected chi connectivity index (χ2v) is 19.2. The number of nitrogens with zero attached hydrogens (tertiary/aromatic N) is 6. The number of anilines is 1. The molecule has 4 saturated carbocycles. The number of allylic oxidation sites excluding steroid dienone is 2. The fourth-order valence-electron chi connectivity index (χ4n) is 11.4. The summed E-state index contributed by atoms with van der Waals surface area (Å²) in [6, 6.07) is 6.84. The molecule has 0 saturated heterocycles. The Morgan fingerprint density at radius 1 is 0.750 bits per heavy atom. The van der Waals surface area contributed by atoms with Crippen molar-refractivity contribution < 1.29 is 18.7 Å². The first-order valence-electron chi connectivity index (χ1n) is 20.8.